The van der Waals surface area contributed by atoms with Gasteiger partial charge in [0.15, 0.2) is 0 Å². The number of nitrogens with one attached hydrogen (secondary N) is 2. The quantitative estimate of drug-likeness (QED) is 0.312. The maximum absolute atomic E-state index is 11.6. The van der Waals surface area contributed by atoms with Crippen molar-refractivity contribution in [3.05, 3.63) is 64.5 Å². The van der Waals surface area contributed by atoms with E-state index in [0.717, 1.165) is 32.3 Å². The van der Waals surface area contributed by atoms with Gasteiger partial charge < -0.3 is 14.5 Å². The molecule has 0 saturated carbocycles. The number of benzene rings is 1. The lowest BCUT2D eigenvalue weighted by Gasteiger charge is -2.09. The van der Waals surface area contributed by atoms with Gasteiger partial charge in [-0.3, -0.25) is 34.8 Å². The van der Waals surface area contributed by atoms with Gasteiger partial charge in [-0.2, -0.15) is 0 Å². The first-order valence-electron chi connectivity index (χ1n) is 7.38. The van der Waals surface area contributed by atoms with Crippen LogP contribution in [-0.4, -0.2) is 32.9 Å². The van der Waals surface area contributed by atoms with E-state index in [0.29, 0.717) is 0 Å². The fourth-order valence-corrected chi connectivity index (χ4v) is 2.30. The van der Waals surface area contributed by atoms with Gasteiger partial charge in [0.1, 0.15) is 5.69 Å². The second-order valence-corrected chi connectivity index (χ2v) is 5.15. The van der Waals surface area contributed by atoms with E-state index >= 15 is 0 Å². The van der Waals surface area contributed by atoms with Crippen LogP contribution in [0.5, 0.6) is 11.5 Å². The van der Waals surface area contributed by atoms with E-state index in [-0.39, 0.29) is 17.1 Å². The molecule has 0 saturated heterocycles. The number of H-pyrrole nitrogens is 2. The van der Waals surface area contributed by atoms with E-state index in [1.807, 2.05) is 0 Å². The molecule has 1 aromatic heterocycles. The van der Waals surface area contributed by atoms with Crippen molar-refractivity contribution in [1.29, 1.82) is 0 Å². The molecule has 1 heterocycles. The number of carbonyl (C=O) groups excluding carboxylic acids is 1. The van der Waals surface area contributed by atoms with Crippen molar-refractivity contribution >= 4 is 29.5 Å². The molecule has 2 aromatic rings. The average molecular weight is 392 g/mol. The van der Waals surface area contributed by atoms with Crippen LogP contribution >= 0.6 is 0 Å². The molecular weight excluding hydrogens is 380 g/mol. The number of aromatic nitrogens is 2. The summed E-state index contributed by atoms with van der Waals surface area (Å²) in [7, 11) is 1.13. The maximum Gasteiger partial charge on any atom is 0.357 e. The molecule has 0 spiro atoms. The molecule has 28 heavy (non-hydrogen) atoms. The summed E-state index contributed by atoms with van der Waals surface area (Å²) in [6.07, 6.45) is 2.17. The lowest BCUT2D eigenvalue weighted by Crippen LogP contribution is -2.25. The highest BCUT2D eigenvalue weighted by Gasteiger charge is 2.26. The highest BCUT2D eigenvalue weighted by molar-refractivity contribution is 5.80. The van der Waals surface area contributed by atoms with E-state index in [1.54, 1.807) is 4.98 Å². The van der Waals surface area contributed by atoms with Gasteiger partial charge in [-0.1, -0.05) is 0 Å². The zero-order valence-corrected chi connectivity index (χ0v) is 14.4. The second kappa shape index (κ2) is 7.94. The molecule has 2 N–H and O–H groups in total. The monoisotopic (exact) mass is 392 g/mol. The summed E-state index contributed by atoms with van der Waals surface area (Å²) in [5.41, 5.74) is -4.10. The molecule has 13 heteroatoms. The Morgan fingerprint density at radius 3 is 2.25 bits per heavy atom. The first kappa shape index (κ1) is 20.0. The van der Waals surface area contributed by atoms with Gasteiger partial charge in [-0.05, 0) is 24.3 Å². The average Bonchev–Trinajstić information content (AvgIpc) is 2.58. The van der Waals surface area contributed by atoms with Gasteiger partial charge in [0, 0.05) is 12.5 Å². The Kier molecular flexibility index (Phi) is 5.68. The van der Waals surface area contributed by atoms with Crippen molar-refractivity contribution < 1.29 is 24.1 Å². The van der Waals surface area contributed by atoms with Crippen molar-refractivity contribution in [2.45, 2.75) is 6.92 Å². The summed E-state index contributed by atoms with van der Waals surface area (Å²) in [4.78, 5) is 58.5. The highest BCUT2D eigenvalue weighted by atomic mass is 16.6. The van der Waals surface area contributed by atoms with Crippen molar-refractivity contribution in [1.82, 2.24) is 9.97 Å². The van der Waals surface area contributed by atoms with Gasteiger partial charge in [0.05, 0.1) is 17.0 Å². The minimum Gasteiger partial charge on any atom is -0.490 e. The normalized spacial score (nSPS) is 10.6. The molecule has 0 aliphatic carbocycles. The Morgan fingerprint density at radius 2 is 1.71 bits per heavy atom. The zero-order chi connectivity index (χ0) is 21.0. The van der Waals surface area contributed by atoms with Crippen LogP contribution in [0.1, 0.15) is 18.2 Å². The number of carbonyl (C=O) groups is 1. The first-order valence-corrected chi connectivity index (χ1v) is 7.38. The Morgan fingerprint density at radius 1 is 1.07 bits per heavy atom. The topological polar surface area (TPSA) is 188 Å². The standard InChI is InChI=1S/C15H12N4O9/c1-7(20)28-10-6-4-8(13(27-2)12(10)19(25)26)3-5-9-11(18(23)24)14(21)17-15(22)16-9/h3-6H,1-2H3,(H2,16,17,21,22)/b5-3+. The summed E-state index contributed by atoms with van der Waals surface area (Å²) >= 11 is 0. The van der Waals surface area contributed by atoms with Gasteiger partial charge in [-0.15, -0.1) is 0 Å². The number of aromatic amines is 2. The summed E-state index contributed by atoms with van der Waals surface area (Å²) in [5.74, 6) is -1.44. The van der Waals surface area contributed by atoms with Gasteiger partial charge in [0.2, 0.25) is 11.5 Å². The van der Waals surface area contributed by atoms with Crippen LogP contribution in [0.15, 0.2) is 21.7 Å². The molecule has 0 unspecified atom stereocenters. The van der Waals surface area contributed by atoms with Crippen molar-refractivity contribution in [3.8, 4) is 11.5 Å². The van der Waals surface area contributed by atoms with Crippen LogP contribution in [-0.2, 0) is 4.79 Å². The number of ether oxygens (including phenoxy) is 2. The zero-order valence-electron chi connectivity index (χ0n) is 14.4. The summed E-state index contributed by atoms with van der Waals surface area (Å²) in [6.45, 7) is 1.06. The minimum atomic E-state index is -1.21. The van der Waals surface area contributed by atoms with Crippen molar-refractivity contribution in [2.24, 2.45) is 0 Å². The van der Waals surface area contributed by atoms with E-state index in [4.69, 9.17) is 9.47 Å². The fourth-order valence-electron chi connectivity index (χ4n) is 2.30. The van der Waals surface area contributed by atoms with Crippen LogP contribution in [0.2, 0.25) is 0 Å². The number of hydrogen-bond donors (Lipinski definition) is 2. The van der Waals surface area contributed by atoms with Crippen molar-refractivity contribution in [2.75, 3.05) is 7.11 Å². The maximum atomic E-state index is 11.6. The lowest BCUT2D eigenvalue weighted by atomic mass is 10.1. The third-order valence-electron chi connectivity index (χ3n) is 3.32. The highest BCUT2D eigenvalue weighted by Crippen LogP contribution is 2.40. The Bertz CT molecular complexity index is 1110. The van der Waals surface area contributed by atoms with E-state index in [9.17, 15) is 34.6 Å². The summed E-state index contributed by atoms with van der Waals surface area (Å²) in [5, 5.41) is 22.4. The molecule has 1 aromatic carbocycles. The fraction of sp³-hybridized carbons (Fsp3) is 0.133. The smallest absolute Gasteiger partial charge is 0.357 e. The van der Waals surface area contributed by atoms with Gasteiger partial charge in [-0.25, -0.2) is 4.79 Å². The molecule has 13 nitrogen and oxygen atoms in total. The van der Waals surface area contributed by atoms with Crippen LogP contribution < -0.4 is 20.7 Å². The second-order valence-electron chi connectivity index (χ2n) is 5.15. The number of nitro groups is 2. The Labute approximate surface area is 154 Å². The third kappa shape index (κ3) is 4.09. The molecule has 2 rings (SSSR count). The molecule has 0 fully saturated rings. The predicted molar refractivity (Wildman–Crippen MR) is 94.2 cm³/mol. The van der Waals surface area contributed by atoms with Crippen LogP contribution in [0.25, 0.3) is 12.2 Å². The SMILES string of the molecule is COc1c(/C=C/c2[nH]c(=O)[nH]c(=O)c2[N+](=O)[O-])ccc(OC(C)=O)c1[N+](=O)[O-]. The van der Waals surface area contributed by atoms with Crippen molar-refractivity contribution in [3.63, 3.8) is 0 Å². The largest absolute Gasteiger partial charge is 0.490 e. The van der Waals surface area contributed by atoms with Crippen LogP contribution in [0.3, 0.4) is 0 Å². The predicted octanol–water partition coefficient (Wildman–Crippen LogP) is 0.984. The number of hydrogen-bond acceptors (Lipinski definition) is 9. The molecule has 0 aliphatic heterocycles. The molecule has 0 amide bonds. The molecule has 146 valence electrons. The first-order chi connectivity index (χ1) is 13.1. The number of nitrogens with zero attached hydrogens (tertiary/aromatic N) is 2. The van der Waals surface area contributed by atoms with E-state index in [2.05, 4.69) is 4.98 Å². The summed E-state index contributed by atoms with van der Waals surface area (Å²) in [6, 6.07) is 2.42. The molecule has 0 atom stereocenters. The number of rotatable bonds is 6. The van der Waals surface area contributed by atoms with Crippen LogP contribution in [0.4, 0.5) is 11.4 Å². The van der Waals surface area contributed by atoms with E-state index in [1.165, 1.54) is 6.07 Å². The molecule has 0 aliphatic rings. The van der Waals surface area contributed by atoms with E-state index < -0.39 is 44.1 Å². The van der Waals surface area contributed by atoms with Gasteiger partial charge >= 0.3 is 28.6 Å². The minimum absolute atomic E-state index is 0.0699. The number of nitro benzene ring substituents is 1. The third-order valence-corrected chi connectivity index (χ3v) is 3.32. The molecule has 0 radical (unpaired) electrons. The number of esters is 1. The number of methoxy groups -OCH3 is 1. The molecule has 0 bridgehead atoms. The van der Waals surface area contributed by atoms with Crippen LogP contribution in [0, 0.1) is 20.2 Å². The summed E-state index contributed by atoms with van der Waals surface area (Å²) < 4.78 is 9.80. The lowest BCUT2D eigenvalue weighted by molar-refractivity contribution is -0.386. The molecular formula is C15H12N4O9. The van der Waals surface area contributed by atoms with Gasteiger partial charge in [0.25, 0.3) is 0 Å². The Hall–Kier alpha value is -4.29. The Balaban J connectivity index is 2.65.